The minimum atomic E-state index is -0.994. The lowest BCUT2D eigenvalue weighted by atomic mass is 10.1. The van der Waals surface area contributed by atoms with E-state index in [0.29, 0.717) is 23.8 Å². The molecule has 0 radical (unpaired) electrons. The molecular weight excluding hydrogens is 242 g/mol. The number of aromatic nitrogens is 1. The van der Waals surface area contributed by atoms with Gasteiger partial charge >= 0.3 is 5.97 Å². The molecule has 0 aromatic carbocycles. The van der Waals surface area contributed by atoms with Gasteiger partial charge in [0, 0.05) is 25.2 Å². The van der Waals surface area contributed by atoms with Crippen LogP contribution in [0.2, 0.25) is 0 Å². The SMILES string of the molecule is CC(C)N1C[C@H](C)[C@H](Nc2cccc(C(=O)O)n2)C1. The Morgan fingerprint density at radius 1 is 1.47 bits per heavy atom. The standard InChI is InChI=1S/C14H21N3O2/c1-9(2)17-7-10(3)12(8-17)16-13-6-4-5-11(15-13)14(18)19/h4-6,9-10,12H,7-8H2,1-3H3,(H,15,16)(H,18,19)/t10-,12+/m0/s1. The zero-order chi connectivity index (χ0) is 14.0. The van der Waals surface area contributed by atoms with Crippen LogP contribution in [0.15, 0.2) is 18.2 Å². The van der Waals surface area contributed by atoms with Crippen LogP contribution >= 0.6 is 0 Å². The Morgan fingerprint density at radius 3 is 2.79 bits per heavy atom. The van der Waals surface area contributed by atoms with Crippen molar-refractivity contribution in [3.63, 3.8) is 0 Å². The van der Waals surface area contributed by atoms with Crippen LogP contribution < -0.4 is 5.32 Å². The molecule has 19 heavy (non-hydrogen) atoms. The van der Waals surface area contributed by atoms with Crippen LogP contribution in [0.5, 0.6) is 0 Å². The molecule has 5 nitrogen and oxygen atoms in total. The third kappa shape index (κ3) is 3.23. The lowest BCUT2D eigenvalue weighted by Gasteiger charge is -2.20. The summed E-state index contributed by atoms with van der Waals surface area (Å²) < 4.78 is 0. The predicted octanol–water partition coefficient (Wildman–Crippen LogP) is 1.92. The lowest BCUT2D eigenvalue weighted by molar-refractivity contribution is 0.0690. The van der Waals surface area contributed by atoms with E-state index in [1.807, 2.05) is 6.07 Å². The predicted molar refractivity (Wildman–Crippen MR) is 74.5 cm³/mol. The van der Waals surface area contributed by atoms with Gasteiger partial charge in [-0.1, -0.05) is 13.0 Å². The minimum absolute atomic E-state index is 0.0800. The molecule has 1 aromatic rings. The monoisotopic (exact) mass is 263 g/mol. The molecule has 2 N–H and O–H groups in total. The number of carboxylic acid groups (broad SMARTS) is 1. The van der Waals surface area contributed by atoms with Gasteiger partial charge in [0.15, 0.2) is 5.69 Å². The first-order chi connectivity index (χ1) is 8.97. The molecule has 0 unspecified atom stereocenters. The second-order valence-corrected chi connectivity index (χ2v) is 5.49. The number of carbonyl (C=O) groups is 1. The minimum Gasteiger partial charge on any atom is -0.477 e. The summed E-state index contributed by atoms with van der Waals surface area (Å²) in [5.74, 6) is 0.173. The molecule has 2 rings (SSSR count). The average molecular weight is 263 g/mol. The molecule has 0 bridgehead atoms. The van der Waals surface area contributed by atoms with E-state index >= 15 is 0 Å². The Bertz CT molecular complexity index is 462. The van der Waals surface area contributed by atoms with Crippen LogP contribution in [-0.4, -0.2) is 46.1 Å². The molecule has 1 saturated heterocycles. The van der Waals surface area contributed by atoms with Crippen molar-refractivity contribution < 1.29 is 9.90 Å². The summed E-state index contributed by atoms with van der Waals surface area (Å²) in [6.07, 6.45) is 0. The van der Waals surface area contributed by atoms with E-state index in [1.54, 1.807) is 6.07 Å². The van der Waals surface area contributed by atoms with Gasteiger partial charge in [0.25, 0.3) is 0 Å². The number of aromatic carboxylic acids is 1. The maximum Gasteiger partial charge on any atom is 0.354 e. The van der Waals surface area contributed by atoms with E-state index in [-0.39, 0.29) is 5.69 Å². The highest BCUT2D eigenvalue weighted by Crippen LogP contribution is 2.21. The molecule has 5 heteroatoms. The first-order valence-electron chi connectivity index (χ1n) is 6.68. The summed E-state index contributed by atoms with van der Waals surface area (Å²) in [5.41, 5.74) is 0.0800. The topological polar surface area (TPSA) is 65.5 Å². The van der Waals surface area contributed by atoms with Crippen LogP contribution in [0.4, 0.5) is 5.82 Å². The largest absolute Gasteiger partial charge is 0.477 e. The maximum atomic E-state index is 10.9. The van der Waals surface area contributed by atoms with Gasteiger partial charge in [0.1, 0.15) is 5.82 Å². The van der Waals surface area contributed by atoms with E-state index in [9.17, 15) is 4.79 Å². The van der Waals surface area contributed by atoms with Crippen molar-refractivity contribution in [2.24, 2.45) is 5.92 Å². The van der Waals surface area contributed by atoms with Crippen LogP contribution in [0.1, 0.15) is 31.3 Å². The number of likely N-dealkylation sites (tertiary alicyclic amines) is 1. The third-order valence-corrected chi connectivity index (χ3v) is 3.67. The Balaban J connectivity index is 2.05. The molecule has 1 aromatic heterocycles. The van der Waals surface area contributed by atoms with Crippen LogP contribution in [0.3, 0.4) is 0 Å². The quantitative estimate of drug-likeness (QED) is 0.869. The van der Waals surface area contributed by atoms with Gasteiger partial charge in [-0.2, -0.15) is 0 Å². The van der Waals surface area contributed by atoms with Crippen molar-refractivity contribution in [1.82, 2.24) is 9.88 Å². The van der Waals surface area contributed by atoms with E-state index in [1.165, 1.54) is 6.07 Å². The first kappa shape index (κ1) is 13.8. The van der Waals surface area contributed by atoms with Gasteiger partial charge in [-0.05, 0) is 31.9 Å². The molecule has 1 aliphatic rings. The van der Waals surface area contributed by atoms with E-state index in [0.717, 1.165) is 13.1 Å². The van der Waals surface area contributed by atoms with Crippen molar-refractivity contribution in [1.29, 1.82) is 0 Å². The second kappa shape index (κ2) is 5.57. The first-order valence-corrected chi connectivity index (χ1v) is 6.68. The van der Waals surface area contributed by atoms with Crippen molar-refractivity contribution in [3.8, 4) is 0 Å². The van der Waals surface area contributed by atoms with Gasteiger partial charge in [-0.15, -0.1) is 0 Å². The highest BCUT2D eigenvalue weighted by Gasteiger charge is 2.30. The average Bonchev–Trinajstić information content (AvgIpc) is 2.71. The number of pyridine rings is 1. The molecular formula is C14H21N3O2. The van der Waals surface area contributed by atoms with Crippen LogP contribution in [0, 0.1) is 5.92 Å². The summed E-state index contributed by atoms with van der Waals surface area (Å²) in [6, 6.07) is 5.90. The molecule has 1 aliphatic heterocycles. The number of nitrogens with one attached hydrogen (secondary N) is 1. The molecule has 104 valence electrons. The number of hydrogen-bond donors (Lipinski definition) is 2. The fourth-order valence-electron chi connectivity index (χ4n) is 2.44. The zero-order valence-electron chi connectivity index (χ0n) is 11.6. The summed E-state index contributed by atoms with van der Waals surface area (Å²) in [7, 11) is 0. The molecule has 0 aliphatic carbocycles. The van der Waals surface area contributed by atoms with Crippen LogP contribution in [0.25, 0.3) is 0 Å². The van der Waals surface area contributed by atoms with E-state index in [4.69, 9.17) is 5.11 Å². The second-order valence-electron chi connectivity index (χ2n) is 5.49. The number of nitrogens with zero attached hydrogens (tertiary/aromatic N) is 2. The summed E-state index contributed by atoms with van der Waals surface area (Å²) in [6.45, 7) is 8.63. The summed E-state index contributed by atoms with van der Waals surface area (Å²) >= 11 is 0. The van der Waals surface area contributed by atoms with Crippen molar-refractivity contribution in [3.05, 3.63) is 23.9 Å². The van der Waals surface area contributed by atoms with E-state index in [2.05, 4.69) is 36.0 Å². The Hall–Kier alpha value is -1.62. The van der Waals surface area contributed by atoms with Crippen molar-refractivity contribution in [2.75, 3.05) is 18.4 Å². The number of rotatable bonds is 4. The van der Waals surface area contributed by atoms with Gasteiger partial charge < -0.3 is 10.4 Å². The van der Waals surface area contributed by atoms with Crippen molar-refractivity contribution in [2.45, 2.75) is 32.9 Å². The van der Waals surface area contributed by atoms with Gasteiger partial charge in [0.2, 0.25) is 0 Å². The Labute approximate surface area is 113 Å². The van der Waals surface area contributed by atoms with Crippen molar-refractivity contribution >= 4 is 11.8 Å². The number of carboxylic acids is 1. The molecule has 0 amide bonds. The normalized spacial score (nSPS) is 23.8. The molecule has 0 saturated carbocycles. The number of hydrogen-bond acceptors (Lipinski definition) is 4. The summed E-state index contributed by atoms with van der Waals surface area (Å²) in [4.78, 5) is 17.4. The fraction of sp³-hybridized carbons (Fsp3) is 0.571. The van der Waals surface area contributed by atoms with Gasteiger partial charge in [0.05, 0.1) is 0 Å². The Kier molecular flexibility index (Phi) is 4.04. The molecule has 2 heterocycles. The van der Waals surface area contributed by atoms with E-state index < -0.39 is 5.97 Å². The maximum absolute atomic E-state index is 10.9. The molecule has 0 spiro atoms. The summed E-state index contributed by atoms with van der Waals surface area (Å²) in [5, 5.41) is 12.3. The fourth-order valence-corrected chi connectivity index (χ4v) is 2.44. The highest BCUT2D eigenvalue weighted by atomic mass is 16.4. The molecule has 1 fully saturated rings. The number of anilines is 1. The third-order valence-electron chi connectivity index (χ3n) is 3.67. The molecule has 2 atom stereocenters. The zero-order valence-corrected chi connectivity index (χ0v) is 11.6. The smallest absolute Gasteiger partial charge is 0.354 e. The van der Waals surface area contributed by atoms with Gasteiger partial charge in [-0.25, -0.2) is 9.78 Å². The van der Waals surface area contributed by atoms with Crippen LogP contribution in [-0.2, 0) is 0 Å². The van der Waals surface area contributed by atoms with Gasteiger partial charge in [-0.3, -0.25) is 4.90 Å². The highest BCUT2D eigenvalue weighted by molar-refractivity contribution is 5.85. The Morgan fingerprint density at radius 2 is 2.21 bits per heavy atom. The lowest BCUT2D eigenvalue weighted by Crippen LogP contribution is -2.31.